The molecule has 1 aliphatic rings. The molecule has 0 spiro atoms. The smallest absolute Gasteiger partial charge is 0.377 e. The Morgan fingerprint density at radius 3 is 2.58 bits per heavy atom. The fourth-order valence-electron chi connectivity index (χ4n) is 4.08. The fraction of sp³-hybridized carbons (Fsp3) is 0.308. The van der Waals surface area contributed by atoms with E-state index in [2.05, 4.69) is 28.5 Å². The third-order valence-corrected chi connectivity index (χ3v) is 5.97. The predicted molar refractivity (Wildman–Crippen MR) is 130 cm³/mol. The van der Waals surface area contributed by atoms with Crippen molar-refractivity contribution in [3.8, 4) is 0 Å². The molecule has 2 aromatic carbocycles. The van der Waals surface area contributed by atoms with E-state index in [0.717, 1.165) is 22.5 Å². The summed E-state index contributed by atoms with van der Waals surface area (Å²) >= 11 is 0. The number of carbonyl (C=O) groups excluding carboxylic acids is 2. The zero-order chi connectivity index (χ0) is 24.1. The van der Waals surface area contributed by atoms with Crippen LogP contribution in [0.1, 0.15) is 40.0 Å². The van der Waals surface area contributed by atoms with Crippen LogP contribution >= 0.6 is 0 Å². The number of halogens is 1. The summed E-state index contributed by atoms with van der Waals surface area (Å²) in [4.78, 5) is 29.7. The van der Waals surface area contributed by atoms with E-state index in [1.807, 2.05) is 32.0 Å². The van der Waals surface area contributed by atoms with Crippen LogP contribution < -0.4 is 5.32 Å². The quantitative estimate of drug-likeness (QED) is 0.395. The SMILES string of the molecule is C=CC(=O)[N+]1=C(C)CN(C[C@@H](Nc2ccc(C(=O)N=C)c(C)c2)c2ccc(C)c(F)c2)CC1. The van der Waals surface area contributed by atoms with Gasteiger partial charge in [-0.3, -0.25) is 9.69 Å². The lowest BCUT2D eigenvalue weighted by Gasteiger charge is -2.30. The molecule has 0 unspecified atom stereocenters. The molecule has 1 N–H and O–H groups in total. The maximum absolute atomic E-state index is 14.4. The number of benzene rings is 2. The van der Waals surface area contributed by atoms with E-state index in [-0.39, 0.29) is 23.7 Å². The van der Waals surface area contributed by atoms with Crippen molar-refractivity contribution in [2.45, 2.75) is 26.8 Å². The summed E-state index contributed by atoms with van der Waals surface area (Å²) < 4.78 is 16.1. The van der Waals surface area contributed by atoms with Crippen LogP contribution in [0.15, 0.2) is 54.0 Å². The van der Waals surface area contributed by atoms with Crippen molar-refractivity contribution in [3.63, 3.8) is 0 Å². The Balaban J connectivity index is 1.87. The number of nitrogens with zero attached hydrogens (tertiary/aromatic N) is 3. The number of anilines is 1. The molecule has 0 fully saturated rings. The van der Waals surface area contributed by atoms with Gasteiger partial charge in [-0.25, -0.2) is 14.2 Å². The Kier molecular flexibility index (Phi) is 7.66. The van der Waals surface area contributed by atoms with Gasteiger partial charge in [0.1, 0.15) is 5.82 Å². The first kappa shape index (κ1) is 24.2. The molecule has 0 saturated heterocycles. The Bertz CT molecular complexity index is 1140. The molecule has 6 nitrogen and oxygen atoms in total. The first-order chi connectivity index (χ1) is 15.7. The minimum atomic E-state index is -0.367. The third-order valence-electron chi connectivity index (χ3n) is 5.97. The monoisotopic (exact) mass is 449 g/mol. The average molecular weight is 450 g/mol. The number of amides is 2. The zero-order valence-corrected chi connectivity index (χ0v) is 19.4. The summed E-state index contributed by atoms with van der Waals surface area (Å²) in [5, 5.41) is 3.50. The molecule has 172 valence electrons. The molecular formula is C26H30FN4O2+. The molecule has 3 rings (SSSR count). The minimum Gasteiger partial charge on any atom is -0.377 e. The highest BCUT2D eigenvalue weighted by molar-refractivity contribution is 5.98. The van der Waals surface area contributed by atoms with Gasteiger partial charge in [-0.2, -0.15) is 4.58 Å². The Hall–Kier alpha value is -3.45. The van der Waals surface area contributed by atoms with Crippen molar-refractivity contribution in [1.29, 1.82) is 0 Å². The van der Waals surface area contributed by atoms with E-state index in [1.54, 1.807) is 29.7 Å². The second-order valence-electron chi connectivity index (χ2n) is 8.36. The van der Waals surface area contributed by atoms with Crippen LogP contribution in [-0.2, 0) is 4.79 Å². The molecule has 2 aromatic rings. The highest BCUT2D eigenvalue weighted by atomic mass is 19.1. The fourth-order valence-corrected chi connectivity index (χ4v) is 4.08. The Morgan fingerprint density at radius 1 is 1.21 bits per heavy atom. The summed E-state index contributed by atoms with van der Waals surface area (Å²) in [7, 11) is 0. The maximum Gasteiger partial charge on any atom is 0.411 e. The van der Waals surface area contributed by atoms with Crippen LogP contribution in [0.3, 0.4) is 0 Å². The van der Waals surface area contributed by atoms with Crippen LogP contribution in [0.5, 0.6) is 0 Å². The average Bonchev–Trinajstić information content (AvgIpc) is 2.79. The Labute approximate surface area is 194 Å². The number of aryl methyl sites for hydroxylation is 2. The van der Waals surface area contributed by atoms with Crippen molar-refractivity contribution in [2.75, 3.05) is 31.5 Å². The minimum absolute atomic E-state index is 0.0958. The van der Waals surface area contributed by atoms with Gasteiger partial charge in [0.25, 0.3) is 5.91 Å². The van der Waals surface area contributed by atoms with Gasteiger partial charge in [0.05, 0.1) is 19.1 Å². The topological polar surface area (TPSA) is 64.8 Å². The normalized spacial score (nSPS) is 15.2. The lowest BCUT2D eigenvalue weighted by atomic mass is 10.0. The number of aliphatic imine (C=N–C) groups is 1. The highest BCUT2D eigenvalue weighted by Gasteiger charge is 2.28. The van der Waals surface area contributed by atoms with Gasteiger partial charge in [0, 0.05) is 30.8 Å². The van der Waals surface area contributed by atoms with Crippen LogP contribution in [0.2, 0.25) is 0 Å². The number of carbonyl (C=O) groups is 2. The number of rotatable bonds is 7. The van der Waals surface area contributed by atoms with E-state index in [1.165, 1.54) is 6.08 Å². The van der Waals surface area contributed by atoms with E-state index in [0.29, 0.717) is 37.3 Å². The standard InChI is InChI=1S/C26H29FN4O2/c1-6-25(32)31-12-11-30(15-19(31)4)16-24(20-8-7-17(2)23(27)14-20)29-21-9-10-22(18(3)13-21)26(33)28-5/h6-10,13-14,24H,1,5,11-12,15-16H2,2-4H3/p+1/t24-/m1/s1. The van der Waals surface area contributed by atoms with Gasteiger partial charge in [-0.05, 0) is 61.5 Å². The van der Waals surface area contributed by atoms with Crippen LogP contribution in [0, 0.1) is 19.7 Å². The number of hydrogen-bond acceptors (Lipinski definition) is 4. The van der Waals surface area contributed by atoms with Gasteiger partial charge in [0.15, 0.2) is 12.3 Å². The number of hydrogen-bond donors (Lipinski definition) is 1. The van der Waals surface area contributed by atoms with Crippen molar-refractivity contribution in [3.05, 3.63) is 77.1 Å². The summed E-state index contributed by atoms with van der Waals surface area (Å²) in [6.45, 7) is 14.9. The molecule has 1 aliphatic heterocycles. The molecular weight excluding hydrogens is 419 g/mol. The maximum atomic E-state index is 14.4. The molecule has 0 radical (unpaired) electrons. The lowest BCUT2D eigenvalue weighted by molar-refractivity contribution is -0.451. The molecule has 1 atom stereocenters. The van der Waals surface area contributed by atoms with E-state index in [4.69, 9.17) is 0 Å². The van der Waals surface area contributed by atoms with E-state index in [9.17, 15) is 14.0 Å². The highest BCUT2D eigenvalue weighted by Crippen LogP contribution is 2.25. The van der Waals surface area contributed by atoms with Crippen LogP contribution in [0.4, 0.5) is 10.1 Å². The molecule has 0 bridgehead atoms. The van der Waals surface area contributed by atoms with Crippen LogP contribution in [-0.4, -0.2) is 59.9 Å². The third kappa shape index (κ3) is 5.68. The molecule has 33 heavy (non-hydrogen) atoms. The number of nitrogens with one attached hydrogen (secondary N) is 1. The second kappa shape index (κ2) is 10.4. The second-order valence-corrected chi connectivity index (χ2v) is 8.36. The van der Waals surface area contributed by atoms with Crippen molar-refractivity contribution in [2.24, 2.45) is 4.99 Å². The first-order valence-electron chi connectivity index (χ1n) is 10.9. The van der Waals surface area contributed by atoms with Crippen LogP contribution in [0.25, 0.3) is 0 Å². The van der Waals surface area contributed by atoms with Gasteiger partial charge in [-0.15, -0.1) is 0 Å². The van der Waals surface area contributed by atoms with E-state index < -0.39 is 0 Å². The van der Waals surface area contributed by atoms with Crippen molar-refractivity contribution < 1.29 is 18.6 Å². The molecule has 2 amide bonds. The van der Waals surface area contributed by atoms with Gasteiger partial charge < -0.3 is 5.32 Å². The lowest BCUT2D eigenvalue weighted by Crippen LogP contribution is -2.47. The summed E-state index contributed by atoms with van der Waals surface area (Å²) in [6, 6.07) is 10.5. The zero-order valence-electron chi connectivity index (χ0n) is 19.4. The summed E-state index contributed by atoms with van der Waals surface area (Å²) in [5.74, 6) is -0.714. The van der Waals surface area contributed by atoms with E-state index >= 15 is 0 Å². The molecule has 0 aliphatic carbocycles. The molecule has 1 heterocycles. The molecule has 0 aromatic heterocycles. The largest absolute Gasteiger partial charge is 0.411 e. The summed E-state index contributed by atoms with van der Waals surface area (Å²) in [6.07, 6.45) is 1.33. The summed E-state index contributed by atoms with van der Waals surface area (Å²) in [5.41, 5.74) is 4.48. The van der Waals surface area contributed by atoms with Gasteiger partial charge in [-0.1, -0.05) is 18.7 Å². The van der Waals surface area contributed by atoms with Gasteiger partial charge >= 0.3 is 5.91 Å². The van der Waals surface area contributed by atoms with Crippen molar-refractivity contribution >= 4 is 29.9 Å². The Morgan fingerprint density at radius 2 is 1.97 bits per heavy atom. The molecule has 7 heteroatoms. The van der Waals surface area contributed by atoms with Gasteiger partial charge in [0.2, 0.25) is 0 Å². The molecule has 0 saturated carbocycles. The van der Waals surface area contributed by atoms with Crippen molar-refractivity contribution in [1.82, 2.24) is 4.90 Å². The first-order valence-corrected chi connectivity index (χ1v) is 10.9. The predicted octanol–water partition coefficient (Wildman–Crippen LogP) is 3.94.